The van der Waals surface area contributed by atoms with Gasteiger partial charge in [0.15, 0.2) is 0 Å². The number of fused-ring (bicyclic) bond motifs is 1. The molecule has 106 valence electrons. The normalized spacial score (nSPS) is 20.4. The maximum atomic E-state index is 12.7. The predicted octanol–water partition coefficient (Wildman–Crippen LogP) is 0.637. The molecule has 1 fully saturated rings. The summed E-state index contributed by atoms with van der Waals surface area (Å²) in [5, 5.41) is 6.21. The number of anilines is 1. The van der Waals surface area contributed by atoms with Crippen LogP contribution in [0.3, 0.4) is 0 Å². The van der Waals surface area contributed by atoms with Crippen LogP contribution in [-0.4, -0.2) is 54.7 Å². The average molecular weight is 275 g/mol. The molecule has 2 aliphatic heterocycles. The molecule has 0 bridgehead atoms. The second kappa shape index (κ2) is 5.22. The molecule has 0 radical (unpaired) electrons. The Hall–Kier alpha value is -1.92. The molecule has 0 spiro atoms. The lowest BCUT2D eigenvalue weighted by Gasteiger charge is -2.35. The lowest BCUT2D eigenvalue weighted by molar-refractivity contribution is -0.123. The van der Waals surface area contributed by atoms with Gasteiger partial charge in [-0.25, -0.2) is 5.01 Å². The molecule has 6 heteroatoms. The van der Waals surface area contributed by atoms with Crippen molar-refractivity contribution in [3.05, 3.63) is 29.3 Å². The standard InChI is InChI=1S/C14H17N3O3/c1-10-2-3-12-11(8-10)14(19)17(9-13(18)15-12)16-4-6-20-7-5-16/h2-3,8H,4-7,9H2,1H3,(H,15,18). The number of carbonyl (C=O) groups is 2. The van der Waals surface area contributed by atoms with E-state index in [1.165, 1.54) is 5.01 Å². The molecule has 0 aromatic heterocycles. The maximum absolute atomic E-state index is 12.7. The molecule has 1 aromatic carbocycles. The van der Waals surface area contributed by atoms with Gasteiger partial charge < -0.3 is 10.1 Å². The van der Waals surface area contributed by atoms with Crippen molar-refractivity contribution in [2.24, 2.45) is 0 Å². The third kappa shape index (κ3) is 2.39. The topological polar surface area (TPSA) is 61.9 Å². The second-order valence-electron chi connectivity index (χ2n) is 5.03. The molecule has 2 amide bonds. The largest absolute Gasteiger partial charge is 0.379 e. The van der Waals surface area contributed by atoms with Crippen LogP contribution in [0.15, 0.2) is 18.2 Å². The van der Waals surface area contributed by atoms with Gasteiger partial charge in [0.1, 0.15) is 6.54 Å². The first kappa shape index (κ1) is 13.1. The van der Waals surface area contributed by atoms with Gasteiger partial charge in [0.25, 0.3) is 5.91 Å². The summed E-state index contributed by atoms with van der Waals surface area (Å²) in [5.74, 6) is -0.309. The van der Waals surface area contributed by atoms with E-state index in [0.717, 1.165) is 5.56 Å². The fraction of sp³-hybridized carbons (Fsp3) is 0.429. The summed E-state index contributed by atoms with van der Waals surface area (Å²) in [5.41, 5.74) is 2.12. The monoisotopic (exact) mass is 275 g/mol. The Bertz CT molecular complexity index is 553. The Morgan fingerprint density at radius 1 is 1.20 bits per heavy atom. The van der Waals surface area contributed by atoms with Crippen LogP contribution in [0.2, 0.25) is 0 Å². The third-order valence-corrected chi connectivity index (χ3v) is 3.54. The first-order chi connectivity index (χ1) is 9.65. The molecule has 20 heavy (non-hydrogen) atoms. The average Bonchev–Trinajstić information content (AvgIpc) is 2.58. The van der Waals surface area contributed by atoms with Crippen LogP contribution in [0, 0.1) is 6.92 Å². The highest BCUT2D eigenvalue weighted by molar-refractivity contribution is 6.08. The van der Waals surface area contributed by atoms with Crippen molar-refractivity contribution in [2.75, 3.05) is 38.2 Å². The van der Waals surface area contributed by atoms with Crippen molar-refractivity contribution in [1.82, 2.24) is 10.0 Å². The molecule has 2 heterocycles. The summed E-state index contributed by atoms with van der Waals surface area (Å²) in [6.45, 7) is 4.38. The Morgan fingerprint density at radius 2 is 1.95 bits per heavy atom. The van der Waals surface area contributed by atoms with Gasteiger partial charge in [-0.2, -0.15) is 0 Å². The van der Waals surface area contributed by atoms with Crippen LogP contribution in [0.1, 0.15) is 15.9 Å². The fourth-order valence-corrected chi connectivity index (χ4v) is 2.50. The van der Waals surface area contributed by atoms with Crippen LogP contribution in [0.25, 0.3) is 0 Å². The first-order valence-corrected chi connectivity index (χ1v) is 6.70. The van der Waals surface area contributed by atoms with Gasteiger partial charge in [0, 0.05) is 13.1 Å². The Morgan fingerprint density at radius 3 is 2.70 bits per heavy atom. The molecule has 0 unspecified atom stereocenters. The van der Waals surface area contributed by atoms with Crippen LogP contribution < -0.4 is 5.32 Å². The molecule has 1 saturated heterocycles. The van der Waals surface area contributed by atoms with Crippen molar-refractivity contribution >= 4 is 17.5 Å². The highest BCUT2D eigenvalue weighted by Crippen LogP contribution is 2.23. The fourth-order valence-electron chi connectivity index (χ4n) is 2.50. The number of hydrogen-bond donors (Lipinski definition) is 1. The minimum Gasteiger partial charge on any atom is -0.379 e. The molecule has 3 rings (SSSR count). The number of benzene rings is 1. The Labute approximate surface area is 117 Å². The number of carbonyl (C=O) groups excluding carboxylic acids is 2. The Kier molecular flexibility index (Phi) is 3.42. The molecule has 0 atom stereocenters. The number of rotatable bonds is 1. The minimum atomic E-state index is -0.174. The smallest absolute Gasteiger partial charge is 0.270 e. The van der Waals surface area contributed by atoms with E-state index < -0.39 is 0 Å². The minimum absolute atomic E-state index is 0.0482. The van der Waals surface area contributed by atoms with Crippen molar-refractivity contribution in [3.63, 3.8) is 0 Å². The number of hydrazine groups is 1. The summed E-state index contributed by atoms with van der Waals surface area (Å²) in [7, 11) is 0. The van der Waals surface area contributed by atoms with Gasteiger partial charge in [0.2, 0.25) is 5.91 Å². The summed E-state index contributed by atoms with van der Waals surface area (Å²) in [4.78, 5) is 24.7. The van der Waals surface area contributed by atoms with Gasteiger partial charge in [-0.15, -0.1) is 0 Å². The number of amides is 2. The molecule has 6 nitrogen and oxygen atoms in total. The van der Waals surface area contributed by atoms with E-state index in [1.54, 1.807) is 6.07 Å². The van der Waals surface area contributed by atoms with E-state index in [9.17, 15) is 9.59 Å². The van der Waals surface area contributed by atoms with Crippen LogP contribution >= 0.6 is 0 Å². The highest BCUT2D eigenvalue weighted by atomic mass is 16.5. The van der Waals surface area contributed by atoms with Crippen LogP contribution in [0.4, 0.5) is 5.69 Å². The van der Waals surface area contributed by atoms with E-state index in [1.807, 2.05) is 24.1 Å². The molecule has 2 aliphatic rings. The lowest BCUT2D eigenvalue weighted by atomic mass is 10.1. The van der Waals surface area contributed by atoms with E-state index in [-0.39, 0.29) is 18.4 Å². The summed E-state index contributed by atoms with van der Waals surface area (Å²) in [6.07, 6.45) is 0. The Balaban J connectivity index is 1.96. The van der Waals surface area contributed by atoms with Crippen molar-refractivity contribution in [1.29, 1.82) is 0 Å². The number of nitrogens with zero attached hydrogens (tertiary/aromatic N) is 2. The van der Waals surface area contributed by atoms with E-state index >= 15 is 0 Å². The number of aryl methyl sites for hydroxylation is 1. The third-order valence-electron chi connectivity index (χ3n) is 3.54. The van der Waals surface area contributed by atoms with Crippen LogP contribution in [0.5, 0.6) is 0 Å². The molecule has 1 aromatic rings. The predicted molar refractivity (Wildman–Crippen MR) is 73.2 cm³/mol. The number of nitrogens with one attached hydrogen (secondary N) is 1. The van der Waals surface area contributed by atoms with Crippen molar-refractivity contribution < 1.29 is 14.3 Å². The second-order valence-corrected chi connectivity index (χ2v) is 5.03. The zero-order valence-corrected chi connectivity index (χ0v) is 11.4. The molecule has 0 aliphatic carbocycles. The number of ether oxygens (including phenoxy) is 1. The zero-order chi connectivity index (χ0) is 14.1. The molecule has 0 saturated carbocycles. The summed E-state index contributed by atoms with van der Waals surface area (Å²) in [6, 6.07) is 5.48. The van der Waals surface area contributed by atoms with E-state index in [2.05, 4.69) is 5.32 Å². The quantitative estimate of drug-likeness (QED) is 0.817. The number of morpholine rings is 1. The maximum Gasteiger partial charge on any atom is 0.270 e. The van der Waals surface area contributed by atoms with Gasteiger partial charge >= 0.3 is 0 Å². The first-order valence-electron chi connectivity index (χ1n) is 6.70. The van der Waals surface area contributed by atoms with E-state index in [0.29, 0.717) is 37.6 Å². The molecular formula is C14H17N3O3. The van der Waals surface area contributed by atoms with E-state index in [4.69, 9.17) is 4.74 Å². The summed E-state index contributed by atoms with van der Waals surface area (Å²) >= 11 is 0. The summed E-state index contributed by atoms with van der Waals surface area (Å²) < 4.78 is 5.29. The lowest BCUT2D eigenvalue weighted by Crippen LogP contribution is -2.52. The molecular weight excluding hydrogens is 258 g/mol. The molecule has 1 N–H and O–H groups in total. The zero-order valence-electron chi connectivity index (χ0n) is 11.4. The highest BCUT2D eigenvalue weighted by Gasteiger charge is 2.31. The SMILES string of the molecule is Cc1ccc2c(c1)C(=O)N(N1CCOCC1)CC(=O)N2. The van der Waals surface area contributed by atoms with Crippen molar-refractivity contribution in [3.8, 4) is 0 Å². The van der Waals surface area contributed by atoms with Crippen LogP contribution in [-0.2, 0) is 9.53 Å². The van der Waals surface area contributed by atoms with Gasteiger partial charge in [-0.1, -0.05) is 11.6 Å². The van der Waals surface area contributed by atoms with Gasteiger partial charge in [-0.05, 0) is 19.1 Å². The van der Waals surface area contributed by atoms with Gasteiger partial charge in [-0.3, -0.25) is 14.6 Å². The van der Waals surface area contributed by atoms with Gasteiger partial charge in [0.05, 0.1) is 24.5 Å². The van der Waals surface area contributed by atoms with Crippen molar-refractivity contribution in [2.45, 2.75) is 6.92 Å². The number of hydrogen-bond acceptors (Lipinski definition) is 4.